The van der Waals surface area contributed by atoms with E-state index in [-0.39, 0.29) is 5.78 Å². The zero-order chi connectivity index (χ0) is 19.7. The Hall–Kier alpha value is -1.42. The van der Waals surface area contributed by atoms with Crippen LogP contribution < -0.4 is 0 Å². The maximum Gasteiger partial charge on any atom is 0.192 e. The molecule has 0 saturated carbocycles. The van der Waals surface area contributed by atoms with Crippen LogP contribution in [0.5, 0.6) is 0 Å². The highest BCUT2D eigenvalue weighted by Gasteiger charge is 2.48. The monoisotopic (exact) mass is 434 g/mol. The highest BCUT2D eigenvalue weighted by atomic mass is 79.9. The van der Waals surface area contributed by atoms with Gasteiger partial charge in [-0.05, 0) is 69.5 Å². The average molecular weight is 436 g/mol. The van der Waals surface area contributed by atoms with Crippen LogP contribution in [0.15, 0.2) is 59.1 Å². The maximum absolute atomic E-state index is 11.4. The molecule has 1 aliphatic heterocycles. The van der Waals surface area contributed by atoms with Crippen molar-refractivity contribution in [3.63, 3.8) is 0 Å². The fraction of sp³-hybridized carbons (Fsp3) is 0.318. The van der Waals surface area contributed by atoms with E-state index in [2.05, 4.69) is 47.6 Å². The van der Waals surface area contributed by atoms with Gasteiger partial charge in [-0.25, -0.2) is 0 Å². The smallest absolute Gasteiger partial charge is 0.192 e. The Kier molecular flexibility index (Phi) is 6.17. The van der Waals surface area contributed by atoms with E-state index in [0.29, 0.717) is 5.57 Å². The van der Waals surface area contributed by atoms with E-state index in [9.17, 15) is 4.79 Å². The van der Waals surface area contributed by atoms with Gasteiger partial charge in [0.15, 0.2) is 5.78 Å². The zero-order valence-electron chi connectivity index (χ0n) is 15.8. The van der Waals surface area contributed by atoms with Gasteiger partial charge in [-0.2, -0.15) is 0 Å². The number of Topliss-reactive ketones (excluding diaryl/α,β-unsaturated/α-hetero) is 1. The first-order chi connectivity index (χ1) is 11.9. The standard InChI is InChI=1S/C13H10BrCl.C9H14O2/c1-9-8-11(4-7-13(9)14)10-2-5-12(15)6-3-10;1-6-7(10)9(4,5)11-8(6,2)3/h2-8H,1H3;1H2,2-5H3. The van der Waals surface area contributed by atoms with E-state index in [1.165, 1.54) is 16.7 Å². The van der Waals surface area contributed by atoms with Crippen molar-refractivity contribution in [2.24, 2.45) is 0 Å². The van der Waals surface area contributed by atoms with Crippen LogP contribution in [-0.2, 0) is 9.53 Å². The van der Waals surface area contributed by atoms with Gasteiger partial charge in [0.1, 0.15) is 5.60 Å². The third-order valence-electron chi connectivity index (χ3n) is 4.39. The lowest BCUT2D eigenvalue weighted by Gasteiger charge is -2.21. The number of benzene rings is 2. The summed E-state index contributed by atoms with van der Waals surface area (Å²) in [4.78, 5) is 11.4. The third kappa shape index (κ3) is 4.64. The van der Waals surface area contributed by atoms with Crippen molar-refractivity contribution in [1.82, 2.24) is 0 Å². The lowest BCUT2D eigenvalue weighted by atomic mass is 9.94. The topological polar surface area (TPSA) is 26.3 Å². The molecule has 0 unspecified atom stereocenters. The summed E-state index contributed by atoms with van der Waals surface area (Å²) in [7, 11) is 0. The Morgan fingerprint density at radius 2 is 1.50 bits per heavy atom. The minimum absolute atomic E-state index is 0.0162. The summed E-state index contributed by atoms with van der Waals surface area (Å²) in [6.07, 6.45) is 0. The summed E-state index contributed by atoms with van der Waals surface area (Å²) in [5.41, 5.74) is 3.05. The molecule has 0 aliphatic carbocycles. The Morgan fingerprint density at radius 3 is 1.88 bits per heavy atom. The molecule has 1 saturated heterocycles. The Labute approximate surface area is 169 Å². The molecule has 2 aromatic carbocycles. The van der Waals surface area contributed by atoms with Gasteiger partial charge in [0.05, 0.1) is 5.60 Å². The van der Waals surface area contributed by atoms with Crippen molar-refractivity contribution >= 4 is 33.3 Å². The van der Waals surface area contributed by atoms with Crippen molar-refractivity contribution in [3.8, 4) is 11.1 Å². The van der Waals surface area contributed by atoms with Gasteiger partial charge in [-0.15, -0.1) is 0 Å². The summed E-state index contributed by atoms with van der Waals surface area (Å²) in [6.45, 7) is 13.1. The van der Waals surface area contributed by atoms with Gasteiger partial charge < -0.3 is 4.74 Å². The number of carbonyl (C=O) groups is 1. The van der Waals surface area contributed by atoms with Crippen molar-refractivity contribution in [2.45, 2.75) is 45.8 Å². The first-order valence-corrected chi connectivity index (χ1v) is 9.57. The van der Waals surface area contributed by atoms with Crippen LogP contribution in [0.2, 0.25) is 5.02 Å². The van der Waals surface area contributed by atoms with Crippen molar-refractivity contribution in [2.75, 3.05) is 0 Å². The summed E-state index contributed by atoms with van der Waals surface area (Å²) in [5.74, 6) is 0.0162. The van der Waals surface area contributed by atoms with Gasteiger partial charge >= 0.3 is 0 Å². The molecule has 0 amide bonds. The first kappa shape index (κ1) is 20.9. The quantitative estimate of drug-likeness (QED) is 0.462. The van der Waals surface area contributed by atoms with Crippen LogP contribution in [0.3, 0.4) is 0 Å². The predicted molar refractivity (Wildman–Crippen MR) is 113 cm³/mol. The molecule has 0 radical (unpaired) electrons. The number of ketones is 1. The molecule has 1 aliphatic rings. The molecule has 0 spiro atoms. The lowest BCUT2D eigenvalue weighted by Crippen LogP contribution is -2.29. The van der Waals surface area contributed by atoms with E-state index in [1.54, 1.807) is 13.8 Å². The Morgan fingerprint density at radius 1 is 0.962 bits per heavy atom. The third-order valence-corrected chi connectivity index (χ3v) is 5.54. The number of halogens is 2. The summed E-state index contributed by atoms with van der Waals surface area (Å²) in [5, 5.41) is 0.771. The molecule has 26 heavy (non-hydrogen) atoms. The molecule has 4 heteroatoms. The zero-order valence-corrected chi connectivity index (χ0v) is 18.2. The van der Waals surface area contributed by atoms with Gasteiger partial charge in [0.2, 0.25) is 0 Å². The van der Waals surface area contributed by atoms with Crippen LogP contribution in [0.4, 0.5) is 0 Å². The number of ether oxygens (including phenoxy) is 1. The maximum atomic E-state index is 11.4. The minimum atomic E-state index is -0.680. The van der Waals surface area contributed by atoms with Crippen LogP contribution in [-0.4, -0.2) is 17.0 Å². The minimum Gasteiger partial charge on any atom is -0.357 e. The molecule has 2 aromatic rings. The number of hydrogen-bond acceptors (Lipinski definition) is 2. The van der Waals surface area contributed by atoms with Crippen LogP contribution in [0.1, 0.15) is 33.3 Å². The first-order valence-electron chi connectivity index (χ1n) is 8.40. The predicted octanol–water partition coefficient (Wildman–Crippen LogP) is 6.78. The van der Waals surface area contributed by atoms with Crippen LogP contribution >= 0.6 is 27.5 Å². The summed E-state index contributed by atoms with van der Waals surface area (Å²) >= 11 is 9.34. The molecule has 138 valence electrons. The molecule has 1 heterocycles. The Balaban J connectivity index is 0.000000197. The Bertz CT molecular complexity index is 812. The number of aryl methyl sites for hydroxylation is 1. The van der Waals surface area contributed by atoms with Crippen molar-refractivity contribution in [1.29, 1.82) is 0 Å². The average Bonchev–Trinajstić information content (AvgIpc) is 2.70. The number of rotatable bonds is 1. The fourth-order valence-corrected chi connectivity index (χ4v) is 3.22. The largest absolute Gasteiger partial charge is 0.357 e. The highest BCUT2D eigenvalue weighted by Crippen LogP contribution is 2.37. The molecule has 2 nitrogen and oxygen atoms in total. The van der Waals surface area contributed by atoms with Crippen LogP contribution in [0.25, 0.3) is 11.1 Å². The van der Waals surface area contributed by atoms with Gasteiger partial charge in [0, 0.05) is 15.1 Å². The number of hydrogen-bond donors (Lipinski definition) is 0. The molecule has 1 fully saturated rings. The van der Waals surface area contributed by atoms with E-state index >= 15 is 0 Å². The van der Waals surface area contributed by atoms with E-state index in [0.717, 1.165) is 9.50 Å². The molecule has 3 rings (SSSR count). The second-order valence-electron chi connectivity index (χ2n) is 7.40. The molecule has 0 bridgehead atoms. The van der Waals surface area contributed by atoms with E-state index in [4.69, 9.17) is 16.3 Å². The summed E-state index contributed by atoms with van der Waals surface area (Å²) in [6, 6.07) is 14.2. The molecule has 0 aromatic heterocycles. The summed E-state index contributed by atoms with van der Waals surface area (Å²) < 4.78 is 6.65. The second-order valence-corrected chi connectivity index (χ2v) is 8.69. The van der Waals surface area contributed by atoms with Gasteiger partial charge in [0.25, 0.3) is 0 Å². The molecular weight excluding hydrogens is 412 g/mol. The second kappa shape index (κ2) is 7.67. The van der Waals surface area contributed by atoms with Gasteiger partial charge in [-0.3, -0.25) is 4.79 Å². The highest BCUT2D eigenvalue weighted by molar-refractivity contribution is 9.10. The normalized spacial score (nSPS) is 17.7. The van der Waals surface area contributed by atoms with E-state index < -0.39 is 11.2 Å². The molecule has 0 N–H and O–H groups in total. The van der Waals surface area contributed by atoms with E-state index in [1.807, 2.05) is 38.1 Å². The van der Waals surface area contributed by atoms with Crippen molar-refractivity contribution < 1.29 is 9.53 Å². The van der Waals surface area contributed by atoms with Gasteiger partial charge in [-0.1, -0.05) is 58.4 Å². The molecular formula is C22H24BrClO2. The number of carbonyl (C=O) groups excluding carboxylic acids is 1. The SMILES string of the molecule is C=C1C(=O)C(C)(C)OC1(C)C.Cc1cc(-c2ccc(Cl)cc2)ccc1Br. The van der Waals surface area contributed by atoms with Crippen molar-refractivity contribution in [3.05, 3.63) is 69.7 Å². The van der Waals surface area contributed by atoms with Crippen LogP contribution in [0, 0.1) is 6.92 Å². The fourth-order valence-electron chi connectivity index (χ4n) is 2.85. The lowest BCUT2D eigenvalue weighted by molar-refractivity contribution is -0.132. The molecule has 0 atom stereocenters.